The van der Waals surface area contributed by atoms with Crippen LogP contribution in [0.3, 0.4) is 0 Å². The van der Waals surface area contributed by atoms with Crippen LogP contribution in [0.25, 0.3) is 0 Å². The number of ether oxygens (including phenoxy) is 2. The van der Waals surface area contributed by atoms with Crippen molar-refractivity contribution < 1.29 is 24.2 Å². The van der Waals surface area contributed by atoms with Crippen molar-refractivity contribution in [2.24, 2.45) is 0 Å². The molecule has 2 rings (SSSR count). The van der Waals surface area contributed by atoms with Crippen LogP contribution in [0.15, 0.2) is 17.9 Å². The number of benzene rings is 1. The maximum Gasteiger partial charge on any atom is 0.228 e. The SMILES string of the molecule is CC#Cc1cc2c(c(OC)c1C(O)CCC)C(=O)C=C(OC)C2=O. The number of Topliss-reactive ketones (excluding diaryl/α,β-unsaturated/α-hetero) is 1. The average molecular weight is 328 g/mol. The predicted molar refractivity (Wildman–Crippen MR) is 89.2 cm³/mol. The number of methoxy groups -OCH3 is 2. The Kier molecular flexibility index (Phi) is 5.42. The molecular formula is C19H20O5. The molecule has 0 saturated heterocycles. The topological polar surface area (TPSA) is 72.8 Å². The van der Waals surface area contributed by atoms with Crippen molar-refractivity contribution >= 4 is 11.6 Å². The van der Waals surface area contributed by atoms with Crippen molar-refractivity contribution in [3.8, 4) is 17.6 Å². The van der Waals surface area contributed by atoms with Gasteiger partial charge in [-0.1, -0.05) is 19.3 Å². The Balaban J connectivity index is 2.82. The molecule has 0 amide bonds. The van der Waals surface area contributed by atoms with Crippen molar-refractivity contribution in [2.75, 3.05) is 14.2 Å². The molecule has 0 aromatic heterocycles. The minimum atomic E-state index is -0.832. The highest BCUT2D eigenvalue weighted by molar-refractivity contribution is 6.25. The lowest BCUT2D eigenvalue weighted by Gasteiger charge is -2.23. The molecule has 0 fully saturated rings. The lowest BCUT2D eigenvalue weighted by molar-refractivity contribution is 0.0913. The molecule has 1 aliphatic rings. The first-order chi connectivity index (χ1) is 11.5. The number of aliphatic hydroxyl groups is 1. The summed E-state index contributed by atoms with van der Waals surface area (Å²) in [5.74, 6) is 5.06. The molecule has 5 nitrogen and oxygen atoms in total. The smallest absolute Gasteiger partial charge is 0.228 e. The normalized spacial score (nSPS) is 14.3. The standard InChI is InChI=1S/C19H20O5/c1-5-7-11-9-12-17(14(21)10-15(23-3)18(12)22)19(24-4)16(11)13(20)8-6-2/h9-10,13,20H,6,8H2,1-4H3. The summed E-state index contributed by atoms with van der Waals surface area (Å²) < 4.78 is 10.4. The summed E-state index contributed by atoms with van der Waals surface area (Å²) in [4.78, 5) is 25.0. The highest BCUT2D eigenvalue weighted by Gasteiger charge is 2.33. The quantitative estimate of drug-likeness (QED) is 0.842. The summed E-state index contributed by atoms with van der Waals surface area (Å²) in [7, 11) is 2.75. The Labute approximate surface area is 141 Å². The minimum absolute atomic E-state index is 0.0215. The van der Waals surface area contributed by atoms with Gasteiger partial charge in [0.1, 0.15) is 5.75 Å². The van der Waals surface area contributed by atoms with E-state index in [1.54, 1.807) is 6.92 Å². The highest BCUT2D eigenvalue weighted by Crippen LogP contribution is 2.39. The van der Waals surface area contributed by atoms with Crippen molar-refractivity contribution in [3.05, 3.63) is 40.2 Å². The molecular weight excluding hydrogens is 308 g/mol. The van der Waals surface area contributed by atoms with Crippen LogP contribution in [0.1, 0.15) is 64.6 Å². The fourth-order valence-electron chi connectivity index (χ4n) is 2.84. The van der Waals surface area contributed by atoms with Crippen LogP contribution in [0, 0.1) is 11.8 Å². The van der Waals surface area contributed by atoms with E-state index in [2.05, 4.69) is 11.8 Å². The van der Waals surface area contributed by atoms with Crippen molar-refractivity contribution in [2.45, 2.75) is 32.8 Å². The van der Waals surface area contributed by atoms with Crippen LogP contribution in [0.5, 0.6) is 5.75 Å². The van der Waals surface area contributed by atoms with Crippen LogP contribution in [0.2, 0.25) is 0 Å². The van der Waals surface area contributed by atoms with Crippen LogP contribution >= 0.6 is 0 Å². The van der Waals surface area contributed by atoms with Crippen molar-refractivity contribution in [1.82, 2.24) is 0 Å². The largest absolute Gasteiger partial charge is 0.496 e. The number of aliphatic hydroxyl groups excluding tert-OH is 1. The Morgan fingerprint density at radius 1 is 1.25 bits per heavy atom. The zero-order chi connectivity index (χ0) is 17.9. The van der Waals surface area contributed by atoms with Crippen LogP contribution in [0.4, 0.5) is 0 Å². The van der Waals surface area contributed by atoms with Crippen molar-refractivity contribution in [1.29, 1.82) is 0 Å². The third-order valence-corrected chi connectivity index (χ3v) is 3.88. The van der Waals surface area contributed by atoms with Gasteiger partial charge in [-0.25, -0.2) is 0 Å². The molecule has 0 heterocycles. The Bertz CT molecular complexity index is 777. The van der Waals surface area contributed by atoms with Gasteiger partial charge in [0.2, 0.25) is 5.78 Å². The number of hydrogen-bond donors (Lipinski definition) is 1. The molecule has 0 saturated carbocycles. The zero-order valence-electron chi connectivity index (χ0n) is 14.2. The van der Waals surface area contributed by atoms with Crippen LogP contribution in [-0.4, -0.2) is 30.9 Å². The molecule has 1 unspecified atom stereocenters. The molecule has 24 heavy (non-hydrogen) atoms. The molecule has 1 N–H and O–H groups in total. The number of allylic oxidation sites excluding steroid dienone is 2. The number of ketones is 2. The summed E-state index contributed by atoms with van der Waals surface area (Å²) >= 11 is 0. The lowest BCUT2D eigenvalue weighted by atomic mass is 9.86. The van der Waals surface area contributed by atoms with E-state index in [0.717, 1.165) is 12.5 Å². The third kappa shape index (κ3) is 2.93. The first-order valence-corrected chi connectivity index (χ1v) is 7.70. The van der Waals surface area contributed by atoms with Gasteiger partial charge < -0.3 is 14.6 Å². The molecule has 1 aromatic carbocycles. The number of fused-ring (bicyclic) bond motifs is 1. The molecule has 1 atom stereocenters. The second kappa shape index (κ2) is 7.33. The summed E-state index contributed by atoms with van der Waals surface area (Å²) in [6.07, 6.45) is 1.56. The van der Waals surface area contributed by atoms with Gasteiger partial charge in [-0.05, 0) is 19.4 Å². The number of rotatable bonds is 5. The minimum Gasteiger partial charge on any atom is -0.496 e. The summed E-state index contributed by atoms with van der Waals surface area (Å²) in [5.41, 5.74) is 1.26. The molecule has 0 radical (unpaired) electrons. The van der Waals surface area contributed by atoms with E-state index in [-0.39, 0.29) is 28.4 Å². The molecule has 0 spiro atoms. The summed E-state index contributed by atoms with van der Waals surface area (Å²) in [5, 5.41) is 10.5. The van der Waals surface area contributed by atoms with Gasteiger partial charge in [0.05, 0.1) is 25.9 Å². The van der Waals surface area contributed by atoms with Gasteiger partial charge in [-0.15, -0.1) is 5.92 Å². The lowest BCUT2D eigenvalue weighted by Crippen LogP contribution is -2.21. The van der Waals surface area contributed by atoms with E-state index in [4.69, 9.17) is 9.47 Å². The second-order valence-corrected chi connectivity index (χ2v) is 5.38. The van der Waals surface area contributed by atoms with E-state index < -0.39 is 11.9 Å². The molecule has 0 bridgehead atoms. The predicted octanol–water partition coefficient (Wildman–Crippen LogP) is 2.81. The summed E-state index contributed by atoms with van der Waals surface area (Å²) in [6, 6.07) is 1.54. The van der Waals surface area contributed by atoms with Gasteiger partial charge in [0, 0.05) is 22.8 Å². The first kappa shape index (κ1) is 17.8. The fraction of sp³-hybridized carbons (Fsp3) is 0.368. The molecule has 0 aliphatic heterocycles. The van der Waals surface area contributed by atoms with E-state index in [0.29, 0.717) is 17.5 Å². The van der Waals surface area contributed by atoms with Crippen molar-refractivity contribution in [3.63, 3.8) is 0 Å². The molecule has 126 valence electrons. The summed E-state index contributed by atoms with van der Waals surface area (Å²) in [6.45, 7) is 3.61. The maximum atomic E-state index is 12.5. The fourth-order valence-corrected chi connectivity index (χ4v) is 2.84. The Morgan fingerprint density at radius 2 is 1.96 bits per heavy atom. The molecule has 1 aliphatic carbocycles. The van der Waals surface area contributed by atoms with E-state index >= 15 is 0 Å². The van der Waals surface area contributed by atoms with Gasteiger partial charge >= 0.3 is 0 Å². The number of hydrogen-bond acceptors (Lipinski definition) is 5. The zero-order valence-corrected chi connectivity index (χ0v) is 14.2. The number of carbonyl (C=O) groups excluding carboxylic acids is 2. The van der Waals surface area contributed by atoms with Gasteiger partial charge in [-0.3, -0.25) is 9.59 Å². The second-order valence-electron chi connectivity index (χ2n) is 5.38. The van der Waals surface area contributed by atoms with E-state index in [1.807, 2.05) is 6.92 Å². The van der Waals surface area contributed by atoms with Gasteiger partial charge in [-0.2, -0.15) is 0 Å². The average Bonchev–Trinajstić information content (AvgIpc) is 2.57. The van der Waals surface area contributed by atoms with E-state index in [1.165, 1.54) is 20.3 Å². The van der Waals surface area contributed by atoms with Gasteiger partial charge in [0.25, 0.3) is 0 Å². The Morgan fingerprint density at radius 3 is 2.50 bits per heavy atom. The highest BCUT2D eigenvalue weighted by atomic mass is 16.5. The molecule has 5 heteroatoms. The maximum absolute atomic E-state index is 12.5. The third-order valence-electron chi connectivity index (χ3n) is 3.88. The van der Waals surface area contributed by atoms with Gasteiger partial charge in [0.15, 0.2) is 11.5 Å². The van der Waals surface area contributed by atoms with Crippen LogP contribution in [-0.2, 0) is 4.74 Å². The van der Waals surface area contributed by atoms with E-state index in [9.17, 15) is 14.7 Å². The number of carbonyl (C=O) groups is 2. The van der Waals surface area contributed by atoms with Crippen LogP contribution < -0.4 is 4.74 Å². The monoisotopic (exact) mass is 328 g/mol. The molecule has 1 aromatic rings. The Hall–Kier alpha value is -2.58. The first-order valence-electron chi connectivity index (χ1n) is 7.70.